The van der Waals surface area contributed by atoms with E-state index in [1.807, 2.05) is 25.1 Å². The molecule has 0 aliphatic heterocycles. The van der Waals surface area contributed by atoms with Crippen LogP contribution in [0.3, 0.4) is 0 Å². The third kappa shape index (κ3) is 3.71. The highest BCUT2D eigenvalue weighted by molar-refractivity contribution is 5.92. The van der Waals surface area contributed by atoms with Crippen molar-refractivity contribution < 1.29 is 4.79 Å². The van der Waals surface area contributed by atoms with Gasteiger partial charge in [0.2, 0.25) is 0 Å². The van der Waals surface area contributed by atoms with E-state index in [1.54, 1.807) is 25.4 Å². The van der Waals surface area contributed by atoms with Gasteiger partial charge in [-0.25, -0.2) is 9.67 Å². The van der Waals surface area contributed by atoms with Gasteiger partial charge in [-0.3, -0.25) is 14.6 Å². The summed E-state index contributed by atoms with van der Waals surface area (Å²) in [6.45, 7) is 4.05. The molecule has 0 spiro atoms. The summed E-state index contributed by atoms with van der Waals surface area (Å²) in [4.78, 5) is 33.0. The quantitative estimate of drug-likeness (QED) is 0.765. The first-order chi connectivity index (χ1) is 12.1. The second-order valence-corrected chi connectivity index (χ2v) is 5.84. The lowest BCUT2D eigenvalue weighted by Crippen LogP contribution is -2.40. The third-order valence-corrected chi connectivity index (χ3v) is 4.00. The SMILES string of the molecule is CC[C@H](Cn1ncc2ccccc2c1=O)NC(=O)c1cnc(C)cn1. The van der Waals surface area contributed by atoms with Crippen molar-refractivity contribution in [2.45, 2.75) is 32.9 Å². The molecule has 1 atom stereocenters. The van der Waals surface area contributed by atoms with Gasteiger partial charge in [0.05, 0.1) is 30.0 Å². The van der Waals surface area contributed by atoms with E-state index < -0.39 is 0 Å². The summed E-state index contributed by atoms with van der Waals surface area (Å²) in [5, 5.41) is 8.51. The van der Waals surface area contributed by atoms with Crippen LogP contribution in [0.15, 0.2) is 47.7 Å². The Kier molecular flexibility index (Phi) is 4.83. The second-order valence-electron chi connectivity index (χ2n) is 5.84. The Morgan fingerprint density at radius 2 is 2.00 bits per heavy atom. The third-order valence-electron chi connectivity index (χ3n) is 4.00. The number of carbonyl (C=O) groups excluding carboxylic acids is 1. The summed E-state index contributed by atoms with van der Waals surface area (Å²) in [5.41, 5.74) is 0.833. The first-order valence-electron chi connectivity index (χ1n) is 8.13. The van der Waals surface area contributed by atoms with E-state index in [4.69, 9.17) is 0 Å². The van der Waals surface area contributed by atoms with Crippen molar-refractivity contribution in [3.05, 3.63) is 64.6 Å². The molecule has 7 nitrogen and oxygen atoms in total. The first-order valence-corrected chi connectivity index (χ1v) is 8.13. The molecule has 0 bridgehead atoms. The standard InChI is InChI=1S/C18H19N5O2/c1-3-14(22-17(24)16-10-19-12(2)8-20-16)11-23-18(25)15-7-5-4-6-13(15)9-21-23/h4-10,14H,3,11H2,1-2H3,(H,22,24)/t14-/m1/s1. The van der Waals surface area contributed by atoms with Crippen LogP contribution in [0.4, 0.5) is 0 Å². The first kappa shape index (κ1) is 16.8. The van der Waals surface area contributed by atoms with Crippen LogP contribution in [0.5, 0.6) is 0 Å². The molecule has 1 aromatic carbocycles. The minimum Gasteiger partial charge on any atom is -0.346 e. The minimum atomic E-state index is -0.312. The summed E-state index contributed by atoms with van der Waals surface area (Å²) >= 11 is 0. The van der Waals surface area contributed by atoms with Crippen LogP contribution in [-0.2, 0) is 6.54 Å². The van der Waals surface area contributed by atoms with Crippen LogP contribution in [0.2, 0.25) is 0 Å². The molecule has 25 heavy (non-hydrogen) atoms. The van der Waals surface area contributed by atoms with Gasteiger partial charge >= 0.3 is 0 Å². The highest BCUT2D eigenvalue weighted by atomic mass is 16.2. The average Bonchev–Trinajstić information content (AvgIpc) is 2.64. The van der Waals surface area contributed by atoms with Gasteiger partial charge in [0.1, 0.15) is 5.69 Å². The molecule has 2 heterocycles. The van der Waals surface area contributed by atoms with Crippen molar-refractivity contribution in [1.82, 2.24) is 25.1 Å². The molecular formula is C18H19N5O2. The zero-order valence-corrected chi connectivity index (χ0v) is 14.1. The van der Waals surface area contributed by atoms with E-state index in [-0.39, 0.29) is 23.2 Å². The Balaban J connectivity index is 1.78. The fourth-order valence-corrected chi connectivity index (χ4v) is 2.51. The summed E-state index contributed by atoms with van der Waals surface area (Å²) in [6, 6.07) is 7.08. The molecule has 3 rings (SSSR count). The molecule has 0 aliphatic carbocycles. The summed E-state index contributed by atoms with van der Waals surface area (Å²) in [6.07, 6.45) is 5.31. The molecule has 0 unspecified atom stereocenters. The lowest BCUT2D eigenvalue weighted by Gasteiger charge is -2.17. The number of nitrogens with zero attached hydrogens (tertiary/aromatic N) is 4. The van der Waals surface area contributed by atoms with Crippen molar-refractivity contribution in [2.24, 2.45) is 0 Å². The molecule has 0 saturated carbocycles. The van der Waals surface area contributed by atoms with Crippen LogP contribution in [-0.4, -0.2) is 31.7 Å². The number of amides is 1. The van der Waals surface area contributed by atoms with Crippen molar-refractivity contribution in [1.29, 1.82) is 0 Å². The van der Waals surface area contributed by atoms with Gasteiger partial charge in [0, 0.05) is 17.6 Å². The van der Waals surface area contributed by atoms with Crippen molar-refractivity contribution in [2.75, 3.05) is 0 Å². The molecule has 2 aromatic heterocycles. The lowest BCUT2D eigenvalue weighted by molar-refractivity contribution is 0.0925. The van der Waals surface area contributed by atoms with Crippen LogP contribution < -0.4 is 10.9 Å². The topological polar surface area (TPSA) is 89.8 Å². The number of fused-ring (bicyclic) bond motifs is 1. The number of nitrogens with one attached hydrogen (secondary N) is 1. The Morgan fingerprint density at radius 1 is 1.20 bits per heavy atom. The Bertz CT molecular complexity index is 950. The van der Waals surface area contributed by atoms with Gasteiger partial charge in [-0.05, 0) is 19.4 Å². The molecule has 3 aromatic rings. The molecular weight excluding hydrogens is 318 g/mol. The van der Waals surface area contributed by atoms with E-state index in [2.05, 4.69) is 20.4 Å². The van der Waals surface area contributed by atoms with Gasteiger partial charge in [-0.2, -0.15) is 5.10 Å². The Hall–Kier alpha value is -3.09. The van der Waals surface area contributed by atoms with Gasteiger partial charge in [0.15, 0.2) is 0 Å². The number of benzene rings is 1. The largest absolute Gasteiger partial charge is 0.346 e. The number of hydrogen-bond donors (Lipinski definition) is 1. The van der Waals surface area contributed by atoms with E-state index >= 15 is 0 Å². The number of carbonyl (C=O) groups is 1. The molecule has 0 radical (unpaired) electrons. The lowest BCUT2D eigenvalue weighted by atomic mass is 10.2. The maximum absolute atomic E-state index is 12.5. The van der Waals surface area contributed by atoms with Crippen molar-refractivity contribution in [3.8, 4) is 0 Å². The fraction of sp³-hybridized carbons (Fsp3) is 0.278. The smallest absolute Gasteiger partial charge is 0.274 e. The number of rotatable bonds is 5. The maximum atomic E-state index is 12.5. The normalized spacial score (nSPS) is 12.1. The molecule has 1 amide bonds. The molecule has 128 valence electrons. The van der Waals surface area contributed by atoms with Crippen molar-refractivity contribution in [3.63, 3.8) is 0 Å². The van der Waals surface area contributed by atoms with E-state index in [0.29, 0.717) is 18.4 Å². The van der Waals surface area contributed by atoms with Crippen molar-refractivity contribution >= 4 is 16.7 Å². The highest BCUT2D eigenvalue weighted by Crippen LogP contribution is 2.07. The second kappa shape index (κ2) is 7.21. The average molecular weight is 337 g/mol. The van der Waals surface area contributed by atoms with Gasteiger partial charge in [0.25, 0.3) is 11.5 Å². The number of aromatic nitrogens is 4. The van der Waals surface area contributed by atoms with E-state index in [1.165, 1.54) is 10.9 Å². The Morgan fingerprint density at radius 3 is 2.72 bits per heavy atom. The molecule has 1 N–H and O–H groups in total. The molecule has 7 heteroatoms. The van der Waals surface area contributed by atoms with E-state index in [9.17, 15) is 9.59 Å². The van der Waals surface area contributed by atoms with E-state index in [0.717, 1.165) is 11.1 Å². The number of hydrogen-bond acceptors (Lipinski definition) is 5. The summed E-state index contributed by atoms with van der Waals surface area (Å²) in [7, 11) is 0. The highest BCUT2D eigenvalue weighted by Gasteiger charge is 2.15. The molecule has 0 saturated heterocycles. The predicted molar refractivity (Wildman–Crippen MR) is 94.3 cm³/mol. The molecule has 0 aliphatic rings. The minimum absolute atomic E-state index is 0.166. The van der Waals surface area contributed by atoms with Crippen LogP contribution in [0.1, 0.15) is 29.5 Å². The monoisotopic (exact) mass is 337 g/mol. The van der Waals surface area contributed by atoms with Crippen LogP contribution >= 0.6 is 0 Å². The fourth-order valence-electron chi connectivity index (χ4n) is 2.51. The Labute approximate surface area is 144 Å². The zero-order chi connectivity index (χ0) is 17.8. The zero-order valence-electron chi connectivity index (χ0n) is 14.1. The van der Waals surface area contributed by atoms with Crippen LogP contribution in [0.25, 0.3) is 10.8 Å². The van der Waals surface area contributed by atoms with Crippen LogP contribution in [0, 0.1) is 6.92 Å². The summed E-state index contributed by atoms with van der Waals surface area (Å²) < 4.78 is 1.39. The summed E-state index contributed by atoms with van der Waals surface area (Å²) in [5.74, 6) is -0.312. The predicted octanol–water partition coefficient (Wildman–Crippen LogP) is 1.70. The van der Waals surface area contributed by atoms with Gasteiger partial charge in [-0.1, -0.05) is 25.1 Å². The number of aryl methyl sites for hydroxylation is 1. The molecule has 0 fully saturated rings. The maximum Gasteiger partial charge on any atom is 0.274 e. The van der Waals surface area contributed by atoms with Gasteiger partial charge in [-0.15, -0.1) is 0 Å². The van der Waals surface area contributed by atoms with Gasteiger partial charge < -0.3 is 5.32 Å².